The van der Waals surface area contributed by atoms with Crippen molar-refractivity contribution >= 4 is 11.8 Å². The van der Waals surface area contributed by atoms with Crippen molar-refractivity contribution in [1.82, 2.24) is 4.98 Å². The van der Waals surface area contributed by atoms with E-state index in [1.807, 2.05) is 0 Å². The normalized spacial score (nSPS) is 11.1. The van der Waals surface area contributed by atoms with Gasteiger partial charge < -0.3 is 15.2 Å². The van der Waals surface area contributed by atoms with E-state index in [0.717, 1.165) is 12.1 Å². The van der Waals surface area contributed by atoms with Crippen LogP contribution in [0.3, 0.4) is 0 Å². The van der Waals surface area contributed by atoms with E-state index < -0.39 is 18.1 Å². The van der Waals surface area contributed by atoms with Crippen LogP contribution in [-0.4, -0.2) is 23.9 Å². The highest BCUT2D eigenvalue weighted by molar-refractivity contribution is 5.88. The fraction of sp³-hybridized carbons (Fsp3) is 0.333. The molecule has 94 valence electrons. The second kappa shape index (κ2) is 4.89. The summed E-state index contributed by atoms with van der Waals surface area (Å²) in [5.74, 6) is -1.75. The lowest BCUT2D eigenvalue weighted by molar-refractivity contribution is -0.274. The first-order valence-corrected chi connectivity index (χ1v) is 4.52. The molecule has 1 rings (SSSR count). The van der Waals surface area contributed by atoms with Crippen molar-refractivity contribution in [3.8, 4) is 5.75 Å². The molecule has 0 spiro atoms. The van der Waals surface area contributed by atoms with Gasteiger partial charge in [-0.1, -0.05) is 0 Å². The Morgan fingerprint density at radius 3 is 2.65 bits per heavy atom. The Balaban J connectivity index is 2.98. The van der Waals surface area contributed by atoms with E-state index in [-0.39, 0.29) is 18.1 Å². The molecule has 0 aliphatic carbocycles. The smallest absolute Gasteiger partial charge is 0.461 e. The molecular formula is C9H9F3N2O3. The minimum absolute atomic E-state index is 0.0742. The summed E-state index contributed by atoms with van der Waals surface area (Å²) in [6, 6.07) is 1.66. The number of anilines is 1. The van der Waals surface area contributed by atoms with E-state index in [1.54, 1.807) is 6.92 Å². The molecule has 8 heteroatoms. The number of nitrogen functional groups attached to an aromatic ring is 1. The van der Waals surface area contributed by atoms with Gasteiger partial charge in [-0.2, -0.15) is 0 Å². The number of esters is 1. The first kappa shape index (κ1) is 13.1. The van der Waals surface area contributed by atoms with E-state index in [0.29, 0.717) is 0 Å². The molecule has 0 saturated heterocycles. The Hall–Kier alpha value is -1.99. The van der Waals surface area contributed by atoms with Gasteiger partial charge in [-0.15, -0.1) is 13.2 Å². The monoisotopic (exact) mass is 250 g/mol. The molecule has 0 amide bonds. The van der Waals surface area contributed by atoms with Crippen LogP contribution in [0.5, 0.6) is 5.75 Å². The third-order valence-electron chi connectivity index (χ3n) is 1.54. The van der Waals surface area contributed by atoms with Gasteiger partial charge in [-0.05, 0) is 6.92 Å². The summed E-state index contributed by atoms with van der Waals surface area (Å²) in [6.07, 6.45) is -4.86. The number of rotatable bonds is 3. The maximum absolute atomic E-state index is 12.0. The highest BCUT2D eigenvalue weighted by atomic mass is 19.4. The predicted octanol–water partition coefficient (Wildman–Crippen LogP) is 1.74. The van der Waals surface area contributed by atoms with Crippen LogP contribution in [0.4, 0.5) is 19.0 Å². The molecule has 0 atom stereocenters. The molecule has 2 N–H and O–H groups in total. The Labute approximate surface area is 94.3 Å². The van der Waals surface area contributed by atoms with Crippen LogP contribution in [-0.2, 0) is 4.74 Å². The Morgan fingerprint density at radius 1 is 1.47 bits per heavy atom. The van der Waals surface area contributed by atoms with Crippen LogP contribution in [0.15, 0.2) is 12.1 Å². The van der Waals surface area contributed by atoms with Gasteiger partial charge in [-0.3, -0.25) is 0 Å². The molecule has 1 aromatic rings. The Bertz CT molecular complexity index is 420. The number of ether oxygens (including phenoxy) is 2. The third-order valence-corrected chi connectivity index (χ3v) is 1.54. The van der Waals surface area contributed by atoms with Gasteiger partial charge in [0.15, 0.2) is 5.69 Å². The molecule has 1 heterocycles. The number of hydrogen-bond acceptors (Lipinski definition) is 5. The number of hydrogen-bond donors (Lipinski definition) is 1. The highest BCUT2D eigenvalue weighted by Gasteiger charge is 2.31. The van der Waals surface area contributed by atoms with Crippen molar-refractivity contribution in [2.24, 2.45) is 0 Å². The average molecular weight is 250 g/mol. The van der Waals surface area contributed by atoms with Crippen molar-refractivity contribution in [1.29, 1.82) is 0 Å². The van der Waals surface area contributed by atoms with Gasteiger partial charge in [0.2, 0.25) is 0 Å². The number of nitrogens with two attached hydrogens (primary N) is 1. The fourth-order valence-corrected chi connectivity index (χ4v) is 1.03. The van der Waals surface area contributed by atoms with Gasteiger partial charge in [-0.25, -0.2) is 9.78 Å². The van der Waals surface area contributed by atoms with E-state index in [4.69, 9.17) is 5.73 Å². The quantitative estimate of drug-likeness (QED) is 0.827. The molecule has 0 aliphatic heterocycles. The lowest BCUT2D eigenvalue weighted by Crippen LogP contribution is -2.18. The molecule has 0 aliphatic rings. The maximum atomic E-state index is 12.0. The molecular weight excluding hydrogens is 241 g/mol. The zero-order chi connectivity index (χ0) is 13.1. The number of halogens is 3. The minimum atomic E-state index is -4.86. The van der Waals surface area contributed by atoms with Crippen molar-refractivity contribution in [3.63, 3.8) is 0 Å². The highest BCUT2D eigenvalue weighted by Crippen LogP contribution is 2.24. The van der Waals surface area contributed by atoms with Crippen LogP contribution in [0.1, 0.15) is 17.4 Å². The number of carbonyl (C=O) groups excluding carboxylic acids is 1. The van der Waals surface area contributed by atoms with Gasteiger partial charge in [0, 0.05) is 12.1 Å². The molecule has 0 radical (unpaired) electrons. The summed E-state index contributed by atoms with van der Waals surface area (Å²) < 4.78 is 44.1. The lowest BCUT2D eigenvalue weighted by atomic mass is 10.3. The van der Waals surface area contributed by atoms with Gasteiger partial charge in [0.05, 0.1) is 6.61 Å². The van der Waals surface area contributed by atoms with Crippen LogP contribution < -0.4 is 10.5 Å². The van der Waals surface area contributed by atoms with Gasteiger partial charge >= 0.3 is 12.3 Å². The molecule has 5 nitrogen and oxygen atoms in total. The van der Waals surface area contributed by atoms with E-state index >= 15 is 0 Å². The SMILES string of the molecule is CCOC(=O)c1cc(OC(F)(F)F)cc(N)n1. The maximum Gasteiger partial charge on any atom is 0.573 e. The lowest BCUT2D eigenvalue weighted by Gasteiger charge is -2.10. The number of alkyl halides is 3. The van der Waals surface area contributed by atoms with Crippen molar-refractivity contribution in [2.45, 2.75) is 13.3 Å². The molecule has 0 bridgehead atoms. The second-order valence-electron chi connectivity index (χ2n) is 2.88. The molecule has 1 aromatic heterocycles. The van der Waals surface area contributed by atoms with Crippen molar-refractivity contribution in [2.75, 3.05) is 12.3 Å². The molecule has 0 saturated carbocycles. The first-order valence-electron chi connectivity index (χ1n) is 4.52. The predicted molar refractivity (Wildman–Crippen MR) is 51.3 cm³/mol. The topological polar surface area (TPSA) is 74.4 Å². The van der Waals surface area contributed by atoms with E-state index in [9.17, 15) is 18.0 Å². The number of nitrogens with zero attached hydrogens (tertiary/aromatic N) is 1. The fourth-order valence-electron chi connectivity index (χ4n) is 1.03. The number of pyridine rings is 1. The van der Waals surface area contributed by atoms with E-state index in [1.165, 1.54) is 0 Å². The summed E-state index contributed by atoms with van der Waals surface area (Å²) in [5, 5.41) is 0. The molecule has 0 unspecified atom stereocenters. The molecule has 0 aromatic carbocycles. The first-order chi connectivity index (χ1) is 7.81. The third kappa shape index (κ3) is 4.17. The zero-order valence-corrected chi connectivity index (χ0v) is 8.75. The summed E-state index contributed by atoms with van der Waals surface area (Å²) >= 11 is 0. The van der Waals surface area contributed by atoms with Gasteiger partial charge in [0.1, 0.15) is 11.6 Å². The van der Waals surface area contributed by atoms with Crippen LogP contribution in [0.2, 0.25) is 0 Å². The summed E-state index contributed by atoms with van der Waals surface area (Å²) in [6.45, 7) is 1.63. The number of carbonyl (C=O) groups is 1. The summed E-state index contributed by atoms with van der Waals surface area (Å²) in [4.78, 5) is 14.8. The second-order valence-corrected chi connectivity index (χ2v) is 2.88. The standard InChI is InChI=1S/C9H9F3N2O3/c1-2-16-8(15)6-3-5(4-7(13)14-6)17-9(10,11)12/h3-4H,2H2,1H3,(H2,13,14). The van der Waals surface area contributed by atoms with Crippen LogP contribution >= 0.6 is 0 Å². The van der Waals surface area contributed by atoms with Gasteiger partial charge in [0.25, 0.3) is 0 Å². The largest absolute Gasteiger partial charge is 0.573 e. The number of aromatic nitrogens is 1. The van der Waals surface area contributed by atoms with Crippen molar-refractivity contribution in [3.05, 3.63) is 17.8 Å². The Morgan fingerprint density at radius 2 is 2.12 bits per heavy atom. The average Bonchev–Trinajstić information content (AvgIpc) is 2.14. The minimum Gasteiger partial charge on any atom is -0.461 e. The zero-order valence-electron chi connectivity index (χ0n) is 8.75. The van der Waals surface area contributed by atoms with Crippen LogP contribution in [0, 0.1) is 0 Å². The summed E-state index contributed by atoms with van der Waals surface area (Å²) in [7, 11) is 0. The van der Waals surface area contributed by atoms with Crippen molar-refractivity contribution < 1.29 is 27.4 Å². The van der Waals surface area contributed by atoms with E-state index in [2.05, 4.69) is 14.5 Å². The molecule has 17 heavy (non-hydrogen) atoms. The van der Waals surface area contributed by atoms with Crippen LogP contribution in [0.25, 0.3) is 0 Å². The summed E-state index contributed by atoms with van der Waals surface area (Å²) in [5.41, 5.74) is 4.90. The Kier molecular flexibility index (Phi) is 3.77. The molecule has 0 fully saturated rings.